The highest BCUT2D eigenvalue weighted by molar-refractivity contribution is 5.95. The van der Waals surface area contributed by atoms with Crippen molar-refractivity contribution < 1.29 is 4.79 Å². The van der Waals surface area contributed by atoms with Crippen molar-refractivity contribution >= 4 is 11.7 Å². The fourth-order valence-electron chi connectivity index (χ4n) is 4.00. The molecular weight excluding hydrogens is 436 g/mol. The standard InChI is InChI=1S/C28H28N6O/c1-19(22-11-9-21(15-29)10-12-22)16-30-27(23-7-5-4-6-8-23)28(35)33-26-14-13-25(20(2)32-26)24-17-31-34(3)18-24/h4-14,17-19,27,30H,16H2,1-3H3,(H,32,33,35)/t19-,27-/m0/s1. The van der Waals surface area contributed by atoms with Crippen LogP contribution in [0.2, 0.25) is 0 Å². The van der Waals surface area contributed by atoms with Crippen LogP contribution in [-0.2, 0) is 11.8 Å². The highest BCUT2D eigenvalue weighted by atomic mass is 16.2. The van der Waals surface area contributed by atoms with Crippen molar-refractivity contribution in [1.82, 2.24) is 20.1 Å². The summed E-state index contributed by atoms with van der Waals surface area (Å²) in [6, 6.07) is 22.6. The van der Waals surface area contributed by atoms with Crippen LogP contribution in [0.25, 0.3) is 11.1 Å². The third-order valence-electron chi connectivity index (χ3n) is 5.99. The van der Waals surface area contributed by atoms with E-state index in [0.717, 1.165) is 27.9 Å². The number of carbonyl (C=O) groups is 1. The third-order valence-corrected chi connectivity index (χ3v) is 5.99. The van der Waals surface area contributed by atoms with Crippen molar-refractivity contribution in [3.8, 4) is 17.2 Å². The Morgan fingerprint density at radius 1 is 1.06 bits per heavy atom. The Balaban J connectivity index is 1.49. The van der Waals surface area contributed by atoms with Gasteiger partial charge in [0, 0.05) is 36.6 Å². The van der Waals surface area contributed by atoms with Crippen LogP contribution in [0.15, 0.2) is 79.1 Å². The predicted molar refractivity (Wildman–Crippen MR) is 137 cm³/mol. The van der Waals surface area contributed by atoms with Gasteiger partial charge in [0.05, 0.1) is 17.8 Å². The lowest BCUT2D eigenvalue weighted by atomic mass is 9.98. The summed E-state index contributed by atoms with van der Waals surface area (Å²) in [7, 11) is 1.87. The molecule has 0 radical (unpaired) electrons. The predicted octanol–water partition coefficient (Wildman–Crippen LogP) is 4.74. The largest absolute Gasteiger partial charge is 0.309 e. The zero-order valence-electron chi connectivity index (χ0n) is 20.1. The normalized spacial score (nSPS) is 12.5. The SMILES string of the molecule is Cc1nc(NC(=O)[C@@H](NC[C@H](C)c2ccc(C#N)cc2)c2ccccc2)ccc1-c1cnn(C)c1. The first-order chi connectivity index (χ1) is 16.9. The van der Waals surface area contributed by atoms with Crippen LogP contribution in [0, 0.1) is 18.3 Å². The van der Waals surface area contributed by atoms with Crippen LogP contribution >= 0.6 is 0 Å². The van der Waals surface area contributed by atoms with Crippen LogP contribution in [0.5, 0.6) is 0 Å². The molecule has 0 unspecified atom stereocenters. The maximum absolute atomic E-state index is 13.4. The molecule has 2 atom stereocenters. The van der Waals surface area contributed by atoms with Gasteiger partial charge in [-0.3, -0.25) is 9.48 Å². The van der Waals surface area contributed by atoms with Crippen molar-refractivity contribution in [2.75, 3.05) is 11.9 Å². The quantitative estimate of drug-likeness (QED) is 0.393. The van der Waals surface area contributed by atoms with Gasteiger partial charge in [-0.05, 0) is 48.2 Å². The third kappa shape index (κ3) is 5.81. The number of aryl methyl sites for hydroxylation is 2. The summed E-state index contributed by atoms with van der Waals surface area (Å²) in [6.07, 6.45) is 3.74. The lowest BCUT2D eigenvalue weighted by molar-refractivity contribution is -0.118. The van der Waals surface area contributed by atoms with E-state index in [-0.39, 0.29) is 11.8 Å². The Bertz CT molecular complexity index is 1340. The molecule has 7 heteroatoms. The van der Waals surface area contributed by atoms with Gasteiger partial charge in [-0.2, -0.15) is 10.4 Å². The summed E-state index contributed by atoms with van der Waals surface area (Å²) >= 11 is 0. The Kier molecular flexibility index (Phi) is 7.34. The van der Waals surface area contributed by atoms with E-state index in [1.165, 1.54) is 0 Å². The number of nitriles is 1. The second-order valence-corrected chi connectivity index (χ2v) is 8.61. The molecular formula is C28H28N6O. The molecule has 4 rings (SSSR count). The molecule has 0 aliphatic heterocycles. The number of anilines is 1. The van der Waals surface area contributed by atoms with Gasteiger partial charge in [0.15, 0.2) is 0 Å². The van der Waals surface area contributed by atoms with Gasteiger partial charge in [0.1, 0.15) is 11.9 Å². The molecule has 0 aliphatic carbocycles. The van der Waals surface area contributed by atoms with Crippen LogP contribution < -0.4 is 10.6 Å². The zero-order valence-corrected chi connectivity index (χ0v) is 20.1. The summed E-state index contributed by atoms with van der Waals surface area (Å²) in [5.74, 6) is 0.480. The van der Waals surface area contributed by atoms with E-state index in [1.54, 1.807) is 10.9 Å². The summed E-state index contributed by atoms with van der Waals surface area (Å²) < 4.78 is 1.75. The van der Waals surface area contributed by atoms with Gasteiger partial charge in [0.2, 0.25) is 5.91 Å². The molecule has 2 aromatic heterocycles. The van der Waals surface area contributed by atoms with Crippen molar-refractivity contribution in [2.24, 2.45) is 7.05 Å². The maximum Gasteiger partial charge on any atom is 0.247 e. The molecule has 2 heterocycles. The number of nitrogens with one attached hydrogen (secondary N) is 2. The van der Waals surface area contributed by atoms with Gasteiger partial charge in [0.25, 0.3) is 0 Å². The molecule has 0 bridgehead atoms. The molecule has 2 aromatic carbocycles. The first kappa shape index (κ1) is 23.9. The van der Waals surface area contributed by atoms with Gasteiger partial charge in [-0.1, -0.05) is 49.4 Å². The van der Waals surface area contributed by atoms with Crippen LogP contribution in [0.1, 0.15) is 41.3 Å². The molecule has 2 N–H and O–H groups in total. The van der Waals surface area contributed by atoms with Crippen LogP contribution in [-0.4, -0.2) is 27.2 Å². The number of amides is 1. The van der Waals surface area contributed by atoms with Crippen molar-refractivity contribution in [2.45, 2.75) is 25.8 Å². The highest BCUT2D eigenvalue weighted by Gasteiger charge is 2.22. The van der Waals surface area contributed by atoms with Gasteiger partial charge < -0.3 is 10.6 Å². The number of aromatic nitrogens is 3. The van der Waals surface area contributed by atoms with E-state index < -0.39 is 6.04 Å². The van der Waals surface area contributed by atoms with E-state index in [4.69, 9.17) is 5.26 Å². The summed E-state index contributed by atoms with van der Waals surface area (Å²) in [5.41, 5.74) is 5.39. The summed E-state index contributed by atoms with van der Waals surface area (Å²) in [6.45, 7) is 4.60. The number of nitrogens with zero attached hydrogens (tertiary/aromatic N) is 4. The van der Waals surface area contributed by atoms with Gasteiger partial charge >= 0.3 is 0 Å². The first-order valence-corrected chi connectivity index (χ1v) is 11.5. The number of hydrogen-bond acceptors (Lipinski definition) is 5. The minimum Gasteiger partial charge on any atom is -0.309 e. The van der Waals surface area contributed by atoms with Crippen molar-refractivity contribution in [1.29, 1.82) is 5.26 Å². The van der Waals surface area contributed by atoms with E-state index in [9.17, 15) is 4.79 Å². The monoisotopic (exact) mass is 464 g/mol. The van der Waals surface area contributed by atoms with Crippen molar-refractivity contribution in [3.05, 3.63) is 102 Å². The second kappa shape index (κ2) is 10.8. The molecule has 35 heavy (non-hydrogen) atoms. The number of hydrogen-bond donors (Lipinski definition) is 2. The second-order valence-electron chi connectivity index (χ2n) is 8.61. The highest BCUT2D eigenvalue weighted by Crippen LogP contribution is 2.24. The molecule has 0 fully saturated rings. The van der Waals surface area contributed by atoms with E-state index in [0.29, 0.717) is 17.9 Å². The Morgan fingerprint density at radius 2 is 1.80 bits per heavy atom. The first-order valence-electron chi connectivity index (χ1n) is 11.5. The molecule has 176 valence electrons. The number of pyridine rings is 1. The number of carbonyl (C=O) groups excluding carboxylic acids is 1. The molecule has 0 saturated carbocycles. The minimum atomic E-state index is -0.544. The van der Waals surface area contributed by atoms with E-state index >= 15 is 0 Å². The van der Waals surface area contributed by atoms with Crippen molar-refractivity contribution in [3.63, 3.8) is 0 Å². The smallest absolute Gasteiger partial charge is 0.247 e. The Hall–Kier alpha value is -4.28. The average Bonchev–Trinajstić information content (AvgIpc) is 3.30. The molecule has 1 amide bonds. The molecule has 0 spiro atoms. The molecule has 0 aliphatic rings. The van der Waals surface area contributed by atoms with Crippen LogP contribution in [0.4, 0.5) is 5.82 Å². The lowest BCUT2D eigenvalue weighted by Gasteiger charge is -2.21. The molecule has 0 saturated heterocycles. The van der Waals surface area contributed by atoms with E-state index in [1.807, 2.05) is 86.9 Å². The van der Waals surface area contributed by atoms with Gasteiger partial charge in [-0.15, -0.1) is 0 Å². The number of rotatable bonds is 8. The van der Waals surface area contributed by atoms with Gasteiger partial charge in [-0.25, -0.2) is 4.98 Å². The zero-order chi connectivity index (χ0) is 24.8. The fraction of sp³-hybridized carbons (Fsp3) is 0.214. The fourth-order valence-corrected chi connectivity index (χ4v) is 4.00. The summed E-state index contributed by atoms with van der Waals surface area (Å²) in [5, 5.41) is 19.6. The lowest BCUT2D eigenvalue weighted by Crippen LogP contribution is -2.35. The average molecular weight is 465 g/mol. The van der Waals surface area contributed by atoms with Crippen LogP contribution in [0.3, 0.4) is 0 Å². The molecule has 4 aromatic rings. The minimum absolute atomic E-state index is 0.154. The summed E-state index contributed by atoms with van der Waals surface area (Å²) in [4.78, 5) is 18.0. The molecule has 7 nitrogen and oxygen atoms in total. The maximum atomic E-state index is 13.4. The Labute approximate surface area is 205 Å². The van der Waals surface area contributed by atoms with E-state index in [2.05, 4.69) is 33.7 Å². The Morgan fingerprint density at radius 3 is 2.43 bits per heavy atom. The topological polar surface area (TPSA) is 95.6 Å². The number of benzene rings is 2.